The predicted molar refractivity (Wildman–Crippen MR) is 66.4 cm³/mol. The summed E-state index contributed by atoms with van der Waals surface area (Å²) in [5, 5.41) is 6.26. The first-order chi connectivity index (χ1) is 5.29. The van der Waals surface area contributed by atoms with E-state index >= 15 is 0 Å². The van der Waals surface area contributed by atoms with Crippen LogP contribution in [0.2, 0.25) is 0 Å². The van der Waals surface area contributed by atoms with Gasteiger partial charge in [-0.3, -0.25) is 4.99 Å². The number of halogens is 2. The number of rotatable bonds is 2. The molecule has 2 N–H and O–H groups in total. The third-order valence-corrected chi connectivity index (χ3v) is 1.63. The zero-order valence-corrected chi connectivity index (χ0v) is 10.7. The number of nitrogens with one attached hydrogen (secondary N) is 2. The van der Waals surface area contributed by atoms with Gasteiger partial charge in [0.1, 0.15) is 0 Å². The highest BCUT2D eigenvalue weighted by molar-refractivity contribution is 14.0. The van der Waals surface area contributed by atoms with Gasteiger partial charge in [-0.15, -0.1) is 24.0 Å². The summed E-state index contributed by atoms with van der Waals surface area (Å²) in [7, 11) is 0. The van der Waals surface area contributed by atoms with Gasteiger partial charge in [0.2, 0.25) is 0 Å². The lowest BCUT2D eigenvalue weighted by Crippen LogP contribution is -2.41. The number of aliphatic imine (C=N–C) groups is 1. The van der Waals surface area contributed by atoms with Gasteiger partial charge in [-0.05, 0) is 6.42 Å². The maximum absolute atomic E-state index is 4.23. The van der Waals surface area contributed by atoms with Crippen molar-refractivity contribution in [1.29, 1.82) is 0 Å². The highest BCUT2D eigenvalue weighted by Gasteiger charge is 2.01. The minimum atomic E-state index is 0. The molecule has 0 aliphatic carbocycles. The Bertz CT molecular complexity index is 181. The second-order valence-corrected chi connectivity index (χ2v) is 3.50. The highest BCUT2D eigenvalue weighted by Crippen LogP contribution is 1.96. The summed E-state index contributed by atoms with van der Waals surface area (Å²) in [5.74, 6) is 0.886. The SMILES string of the molecule is C=C(Br)CNC1=NCCCN1.I. The normalized spacial score (nSPS) is 15.2. The number of hydrogen-bond acceptors (Lipinski definition) is 3. The summed E-state index contributed by atoms with van der Waals surface area (Å²) in [6.45, 7) is 6.37. The molecule has 0 aromatic rings. The van der Waals surface area contributed by atoms with Crippen molar-refractivity contribution in [2.45, 2.75) is 6.42 Å². The van der Waals surface area contributed by atoms with Crippen molar-refractivity contribution < 1.29 is 0 Å². The molecule has 0 atom stereocenters. The Morgan fingerprint density at radius 1 is 1.75 bits per heavy atom. The van der Waals surface area contributed by atoms with Crippen LogP contribution in [0.3, 0.4) is 0 Å². The molecule has 0 fully saturated rings. The van der Waals surface area contributed by atoms with Crippen LogP contribution in [0.15, 0.2) is 16.1 Å². The molecule has 0 amide bonds. The maximum Gasteiger partial charge on any atom is 0.191 e. The molecular formula is C7H13BrIN3. The van der Waals surface area contributed by atoms with Crippen molar-refractivity contribution in [3.8, 4) is 0 Å². The zero-order valence-electron chi connectivity index (χ0n) is 6.77. The van der Waals surface area contributed by atoms with Crippen molar-refractivity contribution in [3.05, 3.63) is 11.1 Å². The average molecular weight is 346 g/mol. The lowest BCUT2D eigenvalue weighted by molar-refractivity contribution is 0.713. The van der Waals surface area contributed by atoms with Crippen LogP contribution in [0.4, 0.5) is 0 Å². The first-order valence-corrected chi connectivity index (χ1v) is 4.44. The van der Waals surface area contributed by atoms with Crippen molar-refractivity contribution in [1.82, 2.24) is 10.6 Å². The standard InChI is InChI=1S/C7H12BrN3.HI/c1-6(8)5-11-7-9-3-2-4-10-7;/h1-5H2,(H2,9,10,11);1H. The maximum atomic E-state index is 4.23. The molecule has 70 valence electrons. The first kappa shape index (κ1) is 12.2. The molecule has 0 aromatic carbocycles. The molecule has 3 nitrogen and oxygen atoms in total. The first-order valence-electron chi connectivity index (χ1n) is 3.64. The van der Waals surface area contributed by atoms with Crippen molar-refractivity contribution in [2.24, 2.45) is 4.99 Å². The molecule has 0 radical (unpaired) electrons. The van der Waals surface area contributed by atoms with Crippen LogP contribution in [0, 0.1) is 0 Å². The molecular weight excluding hydrogens is 333 g/mol. The second-order valence-electron chi connectivity index (χ2n) is 2.38. The van der Waals surface area contributed by atoms with E-state index in [9.17, 15) is 0 Å². The van der Waals surface area contributed by atoms with Crippen molar-refractivity contribution >= 4 is 45.9 Å². The van der Waals surface area contributed by atoms with Crippen LogP contribution in [-0.4, -0.2) is 25.6 Å². The quantitative estimate of drug-likeness (QED) is 0.743. The summed E-state index contributed by atoms with van der Waals surface area (Å²) in [6, 6.07) is 0. The predicted octanol–water partition coefficient (Wildman–Crippen LogP) is 1.45. The van der Waals surface area contributed by atoms with Gasteiger partial charge in [0.25, 0.3) is 0 Å². The van der Waals surface area contributed by atoms with Gasteiger partial charge in [-0.25, -0.2) is 0 Å². The second kappa shape index (κ2) is 6.71. The molecule has 5 heteroatoms. The number of guanidine groups is 1. The van der Waals surface area contributed by atoms with Gasteiger partial charge < -0.3 is 10.6 Å². The van der Waals surface area contributed by atoms with Crippen molar-refractivity contribution in [3.63, 3.8) is 0 Å². The fourth-order valence-electron chi connectivity index (χ4n) is 0.831. The van der Waals surface area contributed by atoms with Gasteiger partial charge in [-0.2, -0.15) is 0 Å². The van der Waals surface area contributed by atoms with Crippen LogP contribution >= 0.6 is 39.9 Å². The van der Waals surface area contributed by atoms with Crippen LogP contribution in [0.5, 0.6) is 0 Å². The van der Waals surface area contributed by atoms with E-state index in [2.05, 4.69) is 38.1 Å². The monoisotopic (exact) mass is 345 g/mol. The Balaban J connectivity index is 0.00000121. The molecule has 0 unspecified atom stereocenters. The Labute approximate surface area is 98.2 Å². The molecule has 1 aliphatic rings. The van der Waals surface area contributed by atoms with Crippen LogP contribution in [0.25, 0.3) is 0 Å². The lowest BCUT2D eigenvalue weighted by Gasteiger charge is -2.15. The fraction of sp³-hybridized carbons (Fsp3) is 0.571. The van der Waals surface area contributed by atoms with Crippen LogP contribution in [-0.2, 0) is 0 Å². The van der Waals surface area contributed by atoms with Gasteiger partial charge in [-0.1, -0.05) is 22.5 Å². The van der Waals surface area contributed by atoms with E-state index in [4.69, 9.17) is 0 Å². The molecule has 1 rings (SSSR count). The minimum Gasteiger partial charge on any atom is -0.356 e. The van der Waals surface area contributed by atoms with E-state index in [0.29, 0.717) is 0 Å². The van der Waals surface area contributed by atoms with Gasteiger partial charge >= 0.3 is 0 Å². The van der Waals surface area contributed by atoms with E-state index in [-0.39, 0.29) is 24.0 Å². The van der Waals surface area contributed by atoms with Crippen LogP contribution < -0.4 is 10.6 Å². The molecule has 0 saturated heterocycles. The third kappa shape index (κ3) is 4.97. The molecule has 0 spiro atoms. The highest BCUT2D eigenvalue weighted by atomic mass is 127. The average Bonchev–Trinajstić information content (AvgIpc) is 2.03. The Morgan fingerprint density at radius 2 is 2.50 bits per heavy atom. The summed E-state index contributed by atoms with van der Waals surface area (Å²) in [6.07, 6.45) is 1.13. The topological polar surface area (TPSA) is 36.4 Å². The summed E-state index contributed by atoms with van der Waals surface area (Å²) >= 11 is 3.26. The van der Waals surface area contributed by atoms with E-state index < -0.39 is 0 Å². The molecule has 0 aromatic heterocycles. The molecule has 1 aliphatic heterocycles. The fourth-order valence-corrected chi connectivity index (χ4v) is 0.971. The summed E-state index contributed by atoms with van der Waals surface area (Å²) < 4.78 is 0.938. The zero-order chi connectivity index (χ0) is 8.10. The number of hydrogen-bond donors (Lipinski definition) is 2. The smallest absolute Gasteiger partial charge is 0.191 e. The van der Waals surface area contributed by atoms with Crippen LogP contribution in [0.1, 0.15) is 6.42 Å². The molecule has 1 heterocycles. The van der Waals surface area contributed by atoms with Crippen molar-refractivity contribution in [2.75, 3.05) is 19.6 Å². The third-order valence-electron chi connectivity index (χ3n) is 1.34. The molecule has 12 heavy (non-hydrogen) atoms. The molecule has 0 saturated carbocycles. The summed E-state index contributed by atoms with van der Waals surface area (Å²) in [4.78, 5) is 4.23. The van der Waals surface area contributed by atoms with E-state index in [1.807, 2.05) is 0 Å². The molecule has 0 bridgehead atoms. The Hall–Kier alpha value is 0.220. The van der Waals surface area contributed by atoms with E-state index in [0.717, 1.165) is 36.5 Å². The largest absolute Gasteiger partial charge is 0.356 e. The minimum absolute atomic E-state index is 0. The number of nitrogens with zero attached hydrogens (tertiary/aromatic N) is 1. The Morgan fingerprint density at radius 3 is 3.00 bits per heavy atom. The van der Waals surface area contributed by atoms with E-state index in [1.165, 1.54) is 0 Å². The van der Waals surface area contributed by atoms with Gasteiger partial charge in [0, 0.05) is 24.1 Å². The lowest BCUT2D eigenvalue weighted by atomic mass is 10.4. The van der Waals surface area contributed by atoms with Gasteiger partial charge in [0.05, 0.1) is 0 Å². The van der Waals surface area contributed by atoms with E-state index in [1.54, 1.807) is 0 Å². The summed E-state index contributed by atoms with van der Waals surface area (Å²) in [5.41, 5.74) is 0. The van der Waals surface area contributed by atoms with Gasteiger partial charge in [0.15, 0.2) is 5.96 Å². The Kier molecular flexibility index (Phi) is 6.83.